The van der Waals surface area contributed by atoms with E-state index in [1.54, 1.807) is 30.3 Å². The Hall–Kier alpha value is -5.46. The van der Waals surface area contributed by atoms with E-state index in [9.17, 15) is 15.3 Å². The number of allylic oxidation sites excluding steroid dienone is 3. The monoisotopic (exact) mass is 465 g/mol. The van der Waals surface area contributed by atoms with Gasteiger partial charge in [0.2, 0.25) is 5.89 Å². The van der Waals surface area contributed by atoms with Gasteiger partial charge in [0, 0.05) is 28.3 Å². The van der Waals surface area contributed by atoms with Crippen LogP contribution in [0.4, 0.5) is 0 Å². The smallest absolute Gasteiger partial charge is 0.266 e. The van der Waals surface area contributed by atoms with Gasteiger partial charge in [0.05, 0.1) is 0 Å². The van der Waals surface area contributed by atoms with E-state index in [4.69, 9.17) is 8.83 Å². The summed E-state index contributed by atoms with van der Waals surface area (Å²) in [6, 6.07) is 30.3. The number of hydrogen-bond donors (Lipinski definition) is 0. The van der Waals surface area contributed by atoms with Gasteiger partial charge in [-0.25, -0.2) is 0 Å². The number of nitriles is 2. The molecule has 3 aromatic carbocycles. The summed E-state index contributed by atoms with van der Waals surface area (Å²) in [4.78, 5) is 17.5. The lowest BCUT2D eigenvalue weighted by atomic mass is 9.99. The predicted octanol–water partition coefficient (Wildman–Crippen LogP) is 6.84. The van der Waals surface area contributed by atoms with Crippen molar-refractivity contribution in [1.82, 2.24) is 4.98 Å². The summed E-state index contributed by atoms with van der Waals surface area (Å²) in [5.74, 6) is 0.485. The second-order valence-corrected chi connectivity index (χ2v) is 8.19. The van der Waals surface area contributed by atoms with Gasteiger partial charge in [-0.3, -0.25) is 4.79 Å². The molecule has 0 saturated carbocycles. The lowest BCUT2D eigenvalue weighted by Gasteiger charge is -2.02. The number of furan rings is 1. The van der Waals surface area contributed by atoms with Crippen LogP contribution in [0.25, 0.3) is 45.5 Å². The van der Waals surface area contributed by atoms with Gasteiger partial charge in [-0.05, 0) is 34.9 Å². The van der Waals surface area contributed by atoms with Crippen LogP contribution in [0.5, 0.6) is 0 Å². The van der Waals surface area contributed by atoms with E-state index in [-0.39, 0.29) is 16.9 Å². The topological polar surface area (TPSA) is 104 Å². The maximum Gasteiger partial charge on any atom is 0.266 e. The fourth-order valence-corrected chi connectivity index (χ4v) is 4.37. The maximum absolute atomic E-state index is 13.1. The zero-order valence-electron chi connectivity index (χ0n) is 18.7. The van der Waals surface area contributed by atoms with Crippen LogP contribution < -0.4 is 0 Å². The first-order valence-corrected chi connectivity index (χ1v) is 11.1. The van der Waals surface area contributed by atoms with E-state index < -0.39 is 0 Å². The van der Waals surface area contributed by atoms with Gasteiger partial charge in [-0.1, -0.05) is 66.7 Å². The Morgan fingerprint density at radius 3 is 2.11 bits per heavy atom. The molecule has 6 heteroatoms. The highest BCUT2D eigenvalue weighted by molar-refractivity contribution is 6.29. The van der Waals surface area contributed by atoms with Crippen molar-refractivity contribution in [2.75, 3.05) is 0 Å². The Morgan fingerprint density at radius 1 is 0.778 bits per heavy atom. The first kappa shape index (κ1) is 21.1. The van der Waals surface area contributed by atoms with Crippen molar-refractivity contribution in [2.24, 2.45) is 0 Å². The molecule has 0 unspecified atom stereocenters. The van der Waals surface area contributed by atoms with Crippen LogP contribution >= 0.6 is 0 Å². The molecule has 2 aromatic heterocycles. The van der Waals surface area contributed by atoms with Crippen LogP contribution in [0.1, 0.15) is 21.7 Å². The van der Waals surface area contributed by atoms with Crippen LogP contribution in [0.3, 0.4) is 0 Å². The summed E-state index contributed by atoms with van der Waals surface area (Å²) in [6.45, 7) is 0. The molecule has 1 aliphatic carbocycles. The lowest BCUT2D eigenvalue weighted by Crippen LogP contribution is -1.95. The molecule has 0 spiro atoms. The Labute approximate surface area is 205 Å². The minimum Gasteiger partial charge on any atom is -0.436 e. The van der Waals surface area contributed by atoms with Crippen molar-refractivity contribution < 1.29 is 13.6 Å². The first-order valence-electron chi connectivity index (χ1n) is 11.1. The Bertz CT molecular complexity index is 1760. The largest absolute Gasteiger partial charge is 0.436 e. The number of rotatable bonds is 3. The number of Topliss-reactive ketones (excluding diaryl/α,β-unsaturated/α-hetero) is 1. The molecule has 0 amide bonds. The first-order chi connectivity index (χ1) is 17.7. The van der Waals surface area contributed by atoms with Crippen molar-refractivity contribution in [1.29, 1.82) is 10.5 Å². The number of nitrogens with zero attached hydrogens (tertiary/aromatic N) is 3. The maximum atomic E-state index is 13.1. The highest BCUT2D eigenvalue weighted by Gasteiger charge is 2.32. The highest BCUT2D eigenvalue weighted by atomic mass is 16.4. The van der Waals surface area contributed by atoms with E-state index in [1.165, 1.54) is 6.08 Å². The molecule has 0 bridgehead atoms. The molecule has 2 heterocycles. The van der Waals surface area contributed by atoms with Gasteiger partial charge < -0.3 is 8.83 Å². The predicted molar refractivity (Wildman–Crippen MR) is 134 cm³/mol. The van der Waals surface area contributed by atoms with Crippen LogP contribution in [0.2, 0.25) is 0 Å². The molecule has 1 aliphatic rings. The third kappa shape index (κ3) is 3.42. The summed E-state index contributed by atoms with van der Waals surface area (Å²) in [6.07, 6.45) is 1.53. The zero-order valence-corrected chi connectivity index (χ0v) is 18.7. The van der Waals surface area contributed by atoms with Gasteiger partial charge >= 0.3 is 0 Å². The second-order valence-electron chi connectivity index (χ2n) is 8.19. The molecule has 0 atom stereocenters. The quantitative estimate of drug-likeness (QED) is 0.213. The van der Waals surface area contributed by atoms with Crippen molar-refractivity contribution in [2.45, 2.75) is 0 Å². The van der Waals surface area contributed by atoms with E-state index >= 15 is 0 Å². The Morgan fingerprint density at radius 2 is 1.42 bits per heavy atom. The fraction of sp³-hybridized carbons (Fsp3) is 0. The molecule has 6 rings (SSSR count). The van der Waals surface area contributed by atoms with Crippen molar-refractivity contribution in [3.05, 3.63) is 113 Å². The lowest BCUT2D eigenvalue weighted by molar-refractivity contribution is 0.104. The molecule has 168 valence electrons. The number of hydrogen-bond acceptors (Lipinski definition) is 6. The molecule has 5 aromatic rings. The van der Waals surface area contributed by atoms with Gasteiger partial charge in [-0.2, -0.15) is 15.5 Å². The number of carbonyl (C=O) groups is 1. The summed E-state index contributed by atoms with van der Waals surface area (Å²) >= 11 is 0. The standard InChI is InChI=1S/C30H15N3O3/c31-16-21(17-32)27-23-8-4-5-9-24(23)28(34)25(27)14-22-15-26-30(35-22)33-29(36-26)20-12-10-19(11-13-20)18-6-2-1-3-7-18/h1-15H/b25-14-. The average molecular weight is 465 g/mol. The summed E-state index contributed by atoms with van der Waals surface area (Å²) in [5.41, 5.74) is 5.13. The third-order valence-corrected chi connectivity index (χ3v) is 6.06. The highest BCUT2D eigenvalue weighted by Crippen LogP contribution is 2.40. The van der Waals surface area contributed by atoms with Crippen molar-refractivity contribution in [3.8, 4) is 34.7 Å². The number of fused-ring (bicyclic) bond motifs is 2. The van der Waals surface area contributed by atoms with Gasteiger partial charge in [0.15, 0.2) is 11.4 Å². The molecule has 0 aliphatic heterocycles. The number of carbonyl (C=O) groups excluding carboxylic acids is 1. The molecular formula is C30H15N3O3. The van der Waals surface area contributed by atoms with Crippen LogP contribution in [0, 0.1) is 22.7 Å². The van der Waals surface area contributed by atoms with Gasteiger partial charge in [-0.15, -0.1) is 0 Å². The van der Waals surface area contributed by atoms with Crippen molar-refractivity contribution in [3.63, 3.8) is 0 Å². The van der Waals surface area contributed by atoms with E-state index in [0.29, 0.717) is 39.6 Å². The van der Waals surface area contributed by atoms with E-state index in [1.807, 2.05) is 66.7 Å². The van der Waals surface area contributed by atoms with Crippen LogP contribution in [-0.4, -0.2) is 10.8 Å². The van der Waals surface area contributed by atoms with Crippen LogP contribution in [0.15, 0.2) is 105 Å². The molecular weight excluding hydrogens is 450 g/mol. The minimum absolute atomic E-state index is 0.130. The molecule has 36 heavy (non-hydrogen) atoms. The summed E-state index contributed by atoms with van der Waals surface area (Å²) < 4.78 is 11.8. The number of oxazole rings is 1. The second kappa shape index (κ2) is 8.39. The normalized spacial score (nSPS) is 13.6. The fourth-order valence-electron chi connectivity index (χ4n) is 4.37. The summed E-state index contributed by atoms with van der Waals surface area (Å²) in [5, 5.41) is 18.9. The summed E-state index contributed by atoms with van der Waals surface area (Å²) in [7, 11) is 0. The van der Waals surface area contributed by atoms with Gasteiger partial charge in [0.1, 0.15) is 23.5 Å². The number of benzene rings is 3. The molecule has 0 N–H and O–H groups in total. The Kier molecular flexibility index (Phi) is 4.92. The van der Waals surface area contributed by atoms with E-state index in [2.05, 4.69) is 4.98 Å². The minimum atomic E-state index is -0.274. The third-order valence-electron chi connectivity index (χ3n) is 6.06. The van der Waals surface area contributed by atoms with Gasteiger partial charge in [0.25, 0.3) is 5.71 Å². The van der Waals surface area contributed by atoms with E-state index in [0.717, 1.165) is 16.7 Å². The molecule has 0 saturated heterocycles. The van der Waals surface area contributed by atoms with Crippen LogP contribution in [-0.2, 0) is 0 Å². The van der Waals surface area contributed by atoms with Crippen molar-refractivity contribution >= 4 is 28.7 Å². The molecule has 0 fully saturated rings. The molecule has 6 nitrogen and oxygen atoms in total. The SMILES string of the molecule is N#CC(C#N)=C1/C(=C/c2cc3oc(-c4ccc(-c5ccccc5)cc4)nc3o2)C(=O)c2ccccc21. The molecule has 0 radical (unpaired) electrons. The zero-order chi connectivity index (χ0) is 24.6. The number of aromatic nitrogens is 1. The number of ketones is 1. The Balaban J connectivity index is 1.35. The average Bonchev–Trinajstić information content (AvgIpc) is 3.57.